The van der Waals surface area contributed by atoms with Crippen molar-refractivity contribution < 1.29 is 0 Å². The van der Waals surface area contributed by atoms with Crippen LogP contribution in [0.2, 0.25) is 0 Å². The summed E-state index contributed by atoms with van der Waals surface area (Å²) in [5.74, 6) is 2.51. The molecule has 0 bridgehead atoms. The van der Waals surface area contributed by atoms with E-state index in [1.54, 1.807) is 0 Å². The summed E-state index contributed by atoms with van der Waals surface area (Å²) in [5.41, 5.74) is 0. The number of hydrogen-bond donors (Lipinski definition) is 0. The first kappa shape index (κ1) is 12.3. The molecule has 0 saturated carbocycles. The quantitative estimate of drug-likeness (QED) is 0.639. The Hall–Kier alpha value is 0.250. The average Bonchev–Trinajstić information content (AvgIpc) is 2.19. The number of alkyl halides is 1. The second kappa shape index (κ2) is 6.68. The summed E-state index contributed by atoms with van der Waals surface area (Å²) in [6.45, 7) is 8.48. The molecule has 0 spiro atoms. The molecule has 1 unspecified atom stereocenters. The van der Waals surface area contributed by atoms with Crippen molar-refractivity contribution in [2.24, 2.45) is 11.8 Å². The molecule has 84 valence electrons. The highest BCUT2D eigenvalue weighted by atomic mass is 35.5. The molecule has 1 rings (SSSR count). The molecule has 2 heteroatoms. The fraction of sp³-hybridized carbons (Fsp3) is 1.00. The van der Waals surface area contributed by atoms with E-state index in [0.29, 0.717) is 0 Å². The Morgan fingerprint density at radius 2 is 2.00 bits per heavy atom. The van der Waals surface area contributed by atoms with E-state index in [1.807, 2.05) is 0 Å². The molecule has 1 saturated heterocycles. The molecule has 14 heavy (non-hydrogen) atoms. The topological polar surface area (TPSA) is 3.24 Å². The fourth-order valence-corrected chi connectivity index (χ4v) is 2.66. The van der Waals surface area contributed by atoms with Gasteiger partial charge in [-0.2, -0.15) is 0 Å². The summed E-state index contributed by atoms with van der Waals surface area (Å²) in [4.78, 5) is 2.61. The Morgan fingerprint density at radius 1 is 1.36 bits per heavy atom. The predicted molar refractivity (Wildman–Crippen MR) is 64.0 cm³/mol. The van der Waals surface area contributed by atoms with Gasteiger partial charge in [-0.25, -0.2) is 0 Å². The summed E-state index contributed by atoms with van der Waals surface area (Å²) in [6, 6.07) is 0. The third-order valence-corrected chi connectivity index (χ3v) is 3.71. The van der Waals surface area contributed by atoms with E-state index in [1.165, 1.54) is 45.3 Å². The lowest BCUT2D eigenvalue weighted by Crippen LogP contribution is -2.37. The lowest BCUT2D eigenvalue weighted by atomic mass is 9.97. The van der Waals surface area contributed by atoms with Gasteiger partial charge in [0.2, 0.25) is 0 Å². The van der Waals surface area contributed by atoms with Crippen LogP contribution < -0.4 is 0 Å². The first-order chi connectivity index (χ1) is 6.76. The molecule has 0 radical (unpaired) electrons. The van der Waals surface area contributed by atoms with E-state index in [9.17, 15) is 0 Å². The minimum atomic E-state index is 0.786. The van der Waals surface area contributed by atoms with Crippen LogP contribution in [0.4, 0.5) is 0 Å². The molecule has 1 heterocycles. The fourth-order valence-electron chi connectivity index (χ4n) is 2.35. The second-order valence-electron chi connectivity index (χ2n) is 4.79. The molecule has 0 aromatic heterocycles. The Bertz CT molecular complexity index is 141. The number of likely N-dealkylation sites (tertiary alicyclic amines) is 1. The maximum absolute atomic E-state index is 5.86. The molecular weight excluding hydrogens is 194 g/mol. The minimum Gasteiger partial charge on any atom is -0.303 e. The monoisotopic (exact) mass is 217 g/mol. The van der Waals surface area contributed by atoms with Crippen LogP contribution in [-0.4, -0.2) is 30.4 Å². The van der Waals surface area contributed by atoms with Crippen molar-refractivity contribution in [2.45, 2.75) is 39.5 Å². The normalized spacial score (nSPS) is 22.5. The van der Waals surface area contributed by atoms with Crippen LogP contribution in [0.15, 0.2) is 0 Å². The average molecular weight is 218 g/mol. The maximum Gasteiger partial charge on any atom is 0.0252 e. The molecule has 0 aromatic rings. The number of piperidine rings is 1. The molecule has 0 aromatic carbocycles. The van der Waals surface area contributed by atoms with Gasteiger partial charge in [0.05, 0.1) is 0 Å². The first-order valence-corrected chi connectivity index (χ1v) is 6.58. The third-order valence-electron chi connectivity index (χ3n) is 3.28. The molecule has 1 atom stereocenters. The second-order valence-corrected chi connectivity index (χ2v) is 5.10. The van der Waals surface area contributed by atoms with Gasteiger partial charge in [0, 0.05) is 12.4 Å². The molecule has 1 aliphatic heterocycles. The van der Waals surface area contributed by atoms with Crippen molar-refractivity contribution >= 4 is 11.6 Å². The Balaban J connectivity index is 2.15. The molecule has 0 amide bonds. The zero-order chi connectivity index (χ0) is 10.4. The van der Waals surface area contributed by atoms with Crippen molar-refractivity contribution in [2.75, 3.05) is 25.5 Å². The van der Waals surface area contributed by atoms with Gasteiger partial charge in [-0.1, -0.05) is 20.3 Å². The lowest BCUT2D eigenvalue weighted by molar-refractivity contribution is 0.169. The van der Waals surface area contributed by atoms with Crippen molar-refractivity contribution in [3.8, 4) is 0 Å². The van der Waals surface area contributed by atoms with Gasteiger partial charge in [-0.15, -0.1) is 11.6 Å². The number of halogens is 1. The smallest absolute Gasteiger partial charge is 0.0252 e. The highest BCUT2D eigenvalue weighted by Gasteiger charge is 2.19. The Kier molecular flexibility index (Phi) is 5.88. The van der Waals surface area contributed by atoms with Gasteiger partial charge in [0.1, 0.15) is 0 Å². The maximum atomic E-state index is 5.86. The zero-order valence-corrected chi connectivity index (χ0v) is 10.4. The standard InChI is InChI=1S/C12H24ClN/c1-3-4-11(2)10-14-7-5-12(9-13)6-8-14/h11-12H,3-10H2,1-2H3. The SMILES string of the molecule is CCCC(C)CN1CCC(CCl)CC1. The zero-order valence-electron chi connectivity index (χ0n) is 9.64. The van der Waals surface area contributed by atoms with Gasteiger partial charge < -0.3 is 4.90 Å². The van der Waals surface area contributed by atoms with Crippen LogP contribution in [0.5, 0.6) is 0 Å². The van der Waals surface area contributed by atoms with Crippen LogP contribution >= 0.6 is 11.6 Å². The van der Waals surface area contributed by atoms with Crippen LogP contribution in [-0.2, 0) is 0 Å². The summed E-state index contributed by atoms with van der Waals surface area (Å²) in [7, 11) is 0. The molecule has 1 nitrogen and oxygen atoms in total. The van der Waals surface area contributed by atoms with E-state index in [0.717, 1.165) is 17.7 Å². The molecule has 0 N–H and O–H groups in total. The Morgan fingerprint density at radius 3 is 2.50 bits per heavy atom. The summed E-state index contributed by atoms with van der Waals surface area (Å²) in [5, 5.41) is 0. The van der Waals surface area contributed by atoms with Crippen molar-refractivity contribution in [1.82, 2.24) is 4.90 Å². The number of nitrogens with zero attached hydrogens (tertiary/aromatic N) is 1. The lowest BCUT2D eigenvalue weighted by Gasteiger charge is -2.32. The summed E-state index contributed by atoms with van der Waals surface area (Å²) in [6.07, 6.45) is 5.30. The molecule has 1 fully saturated rings. The molecule has 1 aliphatic rings. The van der Waals surface area contributed by atoms with Crippen molar-refractivity contribution in [1.29, 1.82) is 0 Å². The van der Waals surface area contributed by atoms with Crippen LogP contribution in [0.25, 0.3) is 0 Å². The van der Waals surface area contributed by atoms with Gasteiger partial charge in [-0.3, -0.25) is 0 Å². The van der Waals surface area contributed by atoms with Crippen LogP contribution in [0.1, 0.15) is 39.5 Å². The van der Waals surface area contributed by atoms with Crippen molar-refractivity contribution in [3.63, 3.8) is 0 Å². The summed E-state index contributed by atoms with van der Waals surface area (Å²) >= 11 is 5.86. The predicted octanol–water partition coefficient (Wildman–Crippen LogP) is 3.37. The van der Waals surface area contributed by atoms with Gasteiger partial charge in [-0.05, 0) is 44.2 Å². The van der Waals surface area contributed by atoms with E-state index >= 15 is 0 Å². The summed E-state index contributed by atoms with van der Waals surface area (Å²) < 4.78 is 0. The Labute approximate surface area is 93.8 Å². The van der Waals surface area contributed by atoms with E-state index in [2.05, 4.69) is 18.7 Å². The van der Waals surface area contributed by atoms with Crippen LogP contribution in [0.3, 0.4) is 0 Å². The van der Waals surface area contributed by atoms with Gasteiger partial charge >= 0.3 is 0 Å². The molecule has 0 aliphatic carbocycles. The van der Waals surface area contributed by atoms with E-state index in [4.69, 9.17) is 11.6 Å². The highest BCUT2D eigenvalue weighted by Crippen LogP contribution is 2.19. The molecular formula is C12H24ClN. The highest BCUT2D eigenvalue weighted by molar-refractivity contribution is 6.18. The van der Waals surface area contributed by atoms with E-state index < -0.39 is 0 Å². The van der Waals surface area contributed by atoms with E-state index in [-0.39, 0.29) is 0 Å². The minimum absolute atomic E-state index is 0.786. The van der Waals surface area contributed by atoms with Gasteiger partial charge in [0.15, 0.2) is 0 Å². The largest absolute Gasteiger partial charge is 0.303 e. The number of hydrogen-bond acceptors (Lipinski definition) is 1. The first-order valence-electron chi connectivity index (χ1n) is 6.04. The third kappa shape index (κ3) is 4.18. The van der Waals surface area contributed by atoms with Crippen LogP contribution in [0, 0.1) is 11.8 Å². The van der Waals surface area contributed by atoms with Gasteiger partial charge in [0.25, 0.3) is 0 Å². The number of rotatable bonds is 5. The van der Waals surface area contributed by atoms with Crippen molar-refractivity contribution in [3.05, 3.63) is 0 Å².